The summed E-state index contributed by atoms with van der Waals surface area (Å²) < 4.78 is 30.3. The standard InChI is InChI=1S/C27H26FN3O4/c1-19-4-2-5-21(16-19)25-23(27(35-29-25)30-11-14-33-15-12-30)18-31(26(32)24-6-3-13-34-24)17-20-7-9-22(28)10-8-20/h2-10,13,16H,11-12,14-15,17-18H2,1H3. The Labute approximate surface area is 202 Å². The zero-order chi connectivity index (χ0) is 24.2. The second-order valence-corrected chi connectivity index (χ2v) is 8.55. The van der Waals surface area contributed by atoms with Gasteiger partial charge in [-0.15, -0.1) is 0 Å². The van der Waals surface area contributed by atoms with Crippen molar-refractivity contribution in [3.63, 3.8) is 0 Å². The van der Waals surface area contributed by atoms with Crippen LogP contribution in [-0.2, 0) is 17.8 Å². The van der Waals surface area contributed by atoms with Crippen molar-refractivity contribution in [2.75, 3.05) is 31.2 Å². The highest BCUT2D eigenvalue weighted by Crippen LogP contribution is 2.34. The Bertz CT molecular complexity index is 1280. The molecule has 0 unspecified atom stereocenters. The Kier molecular flexibility index (Phi) is 6.63. The second-order valence-electron chi connectivity index (χ2n) is 8.55. The number of aromatic nitrogens is 1. The van der Waals surface area contributed by atoms with Crippen LogP contribution in [0.5, 0.6) is 0 Å². The molecule has 35 heavy (non-hydrogen) atoms. The molecule has 0 aliphatic carbocycles. The lowest BCUT2D eigenvalue weighted by atomic mass is 10.0. The van der Waals surface area contributed by atoms with Gasteiger partial charge in [-0.05, 0) is 42.8 Å². The first-order chi connectivity index (χ1) is 17.1. The molecule has 0 spiro atoms. The molecular formula is C27H26FN3O4. The van der Waals surface area contributed by atoms with E-state index in [-0.39, 0.29) is 30.6 Å². The number of anilines is 1. The Hall–Kier alpha value is -3.91. The number of halogens is 1. The molecule has 2 aromatic heterocycles. The maximum absolute atomic E-state index is 13.5. The van der Waals surface area contributed by atoms with Crippen molar-refractivity contribution in [2.45, 2.75) is 20.0 Å². The van der Waals surface area contributed by atoms with Gasteiger partial charge in [0.25, 0.3) is 5.91 Å². The van der Waals surface area contributed by atoms with Crippen LogP contribution in [-0.4, -0.2) is 42.3 Å². The fourth-order valence-electron chi connectivity index (χ4n) is 4.23. The number of ether oxygens (including phenoxy) is 1. The molecule has 1 saturated heterocycles. The van der Waals surface area contributed by atoms with E-state index in [1.54, 1.807) is 29.2 Å². The van der Waals surface area contributed by atoms with Crippen LogP contribution < -0.4 is 4.90 Å². The monoisotopic (exact) mass is 475 g/mol. The topological polar surface area (TPSA) is 72.0 Å². The number of carbonyl (C=O) groups excluding carboxylic acids is 1. The Morgan fingerprint density at radius 2 is 1.86 bits per heavy atom. The zero-order valence-electron chi connectivity index (χ0n) is 19.4. The SMILES string of the molecule is Cc1cccc(-c2noc(N3CCOCC3)c2CN(Cc2ccc(F)cc2)C(=O)c2ccco2)c1. The number of nitrogens with zero attached hydrogens (tertiary/aromatic N) is 3. The zero-order valence-corrected chi connectivity index (χ0v) is 19.4. The average molecular weight is 476 g/mol. The Morgan fingerprint density at radius 1 is 1.06 bits per heavy atom. The van der Waals surface area contributed by atoms with Crippen LogP contribution in [0.1, 0.15) is 27.2 Å². The van der Waals surface area contributed by atoms with Gasteiger partial charge >= 0.3 is 0 Å². The summed E-state index contributed by atoms with van der Waals surface area (Å²) in [4.78, 5) is 17.2. The van der Waals surface area contributed by atoms with E-state index >= 15 is 0 Å². The molecule has 1 amide bonds. The van der Waals surface area contributed by atoms with Gasteiger partial charge in [-0.3, -0.25) is 4.79 Å². The summed E-state index contributed by atoms with van der Waals surface area (Å²) in [5.41, 5.74) is 4.30. The first-order valence-corrected chi connectivity index (χ1v) is 11.5. The van der Waals surface area contributed by atoms with E-state index in [1.165, 1.54) is 18.4 Å². The molecule has 0 atom stereocenters. The summed E-state index contributed by atoms with van der Waals surface area (Å²) in [7, 11) is 0. The van der Waals surface area contributed by atoms with Crippen LogP contribution in [0.15, 0.2) is 75.9 Å². The summed E-state index contributed by atoms with van der Waals surface area (Å²) in [6, 6.07) is 17.5. The lowest BCUT2D eigenvalue weighted by Crippen LogP contribution is -2.37. The fraction of sp³-hybridized carbons (Fsp3) is 0.259. The molecule has 5 rings (SSSR count). The lowest BCUT2D eigenvalue weighted by Gasteiger charge is -2.28. The minimum atomic E-state index is -0.326. The summed E-state index contributed by atoms with van der Waals surface area (Å²) in [5.74, 6) is 0.256. The number of hydrogen-bond donors (Lipinski definition) is 0. The van der Waals surface area contributed by atoms with Crippen LogP contribution in [0.3, 0.4) is 0 Å². The number of aryl methyl sites for hydroxylation is 1. The predicted molar refractivity (Wildman–Crippen MR) is 128 cm³/mol. The maximum Gasteiger partial charge on any atom is 0.290 e. The van der Waals surface area contributed by atoms with Crippen LogP contribution >= 0.6 is 0 Å². The minimum absolute atomic E-state index is 0.230. The number of furan rings is 1. The van der Waals surface area contributed by atoms with Gasteiger partial charge in [-0.1, -0.05) is 41.1 Å². The van der Waals surface area contributed by atoms with Crippen LogP contribution in [0.25, 0.3) is 11.3 Å². The number of benzene rings is 2. The van der Waals surface area contributed by atoms with Crippen molar-refractivity contribution >= 4 is 11.8 Å². The number of hydrogen-bond acceptors (Lipinski definition) is 6. The molecule has 4 aromatic rings. The fourth-order valence-corrected chi connectivity index (χ4v) is 4.23. The average Bonchev–Trinajstić information content (AvgIpc) is 3.56. The maximum atomic E-state index is 13.5. The molecule has 8 heteroatoms. The number of morpholine rings is 1. The normalized spacial score (nSPS) is 13.7. The second kappa shape index (κ2) is 10.1. The predicted octanol–water partition coefficient (Wildman–Crippen LogP) is 5.06. The minimum Gasteiger partial charge on any atom is -0.459 e. The van der Waals surface area contributed by atoms with Crippen molar-refractivity contribution in [1.82, 2.24) is 10.1 Å². The molecule has 0 N–H and O–H groups in total. The van der Waals surface area contributed by atoms with Gasteiger partial charge in [0.1, 0.15) is 11.5 Å². The highest BCUT2D eigenvalue weighted by molar-refractivity contribution is 5.91. The third-order valence-electron chi connectivity index (χ3n) is 6.01. The van der Waals surface area contributed by atoms with Gasteiger partial charge < -0.3 is 23.5 Å². The van der Waals surface area contributed by atoms with Crippen LogP contribution in [0.2, 0.25) is 0 Å². The van der Waals surface area contributed by atoms with Crippen molar-refractivity contribution < 1.29 is 22.9 Å². The molecule has 1 aliphatic heterocycles. The van der Waals surface area contributed by atoms with Crippen LogP contribution in [0.4, 0.5) is 10.3 Å². The molecule has 3 heterocycles. The highest BCUT2D eigenvalue weighted by Gasteiger charge is 2.28. The first kappa shape index (κ1) is 22.9. The van der Waals surface area contributed by atoms with E-state index in [9.17, 15) is 9.18 Å². The molecule has 2 aromatic carbocycles. The third-order valence-corrected chi connectivity index (χ3v) is 6.01. The van der Waals surface area contributed by atoms with E-state index < -0.39 is 0 Å². The van der Waals surface area contributed by atoms with E-state index in [0.29, 0.717) is 37.9 Å². The number of carbonyl (C=O) groups is 1. The van der Waals surface area contributed by atoms with Gasteiger partial charge in [0.15, 0.2) is 5.76 Å². The van der Waals surface area contributed by atoms with Crippen molar-refractivity contribution in [2.24, 2.45) is 0 Å². The molecular weight excluding hydrogens is 449 g/mol. The van der Waals surface area contributed by atoms with Gasteiger partial charge in [0.2, 0.25) is 5.88 Å². The molecule has 180 valence electrons. The third kappa shape index (κ3) is 5.12. The van der Waals surface area contributed by atoms with Gasteiger partial charge in [-0.2, -0.15) is 0 Å². The molecule has 1 fully saturated rings. The molecule has 0 saturated carbocycles. The lowest BCUT2D eigenvalue weighted by molar-refractivity contribution is 0.0697. The van der Waals surface area contributed by atoms with E-state index in [1.807, 2.05) is 31.2 Å². The Balaban J connectivity index is 1.55. The molecule has 0 bridgehead atoms. The van der Waals surface area contributed by atoms with Crippen LogP contribution in [0, 0.1) is 12.7 Å². The van der Waals surface area contributed by atoms with Crippen molar-refractivity contribution in [1.29, 1.82) is 0 Å². The van der Waals surface area contributed by atoms with Crippen molar-refractivity contribution in [3.05, 3.63) is 95.2 Å². The van der Waals surface area contributed by atoms with Gasteiger partial charge in [0, 0.05) is 25.2 Å². The highest BCUT2D eigenvalue weighted by atomic mass is 19.1. The first-order valence-electron chi connectivity index (χ1n) is 11.5. The smallest absolute Gasteiger partial charge is 0.290 e. The number of amides is 1. The summed E-state index contributed by atoms with van der Waals surface area (Å²) in [6.45, 7) is 5.03. The van der Waals surface area contributed by atoms with Gasteiger partial charge in [0.05, 0.1) is 31.6 Å². The summed E-state index contributed by atoms with van der Waals surface area (Å²) in [5, 5.41) is 4.43. The van der Waals surface area contributed by atoms with Crippen molar-refractivity contribution in [3.8, 4) is 11.3 Å². The van der Waals surface area contributed by atoms with Gasteiger partial charge in [-0.25, -0.2) is 4.39 Å². The molecule has 1 aliphatic rings. The molecule has 7 nitrogen and oxygen atoms in total. The molecule has 0 radical (unpaired) electrons. The Morgan fingerprint density at radius 3 is 2.57 bits per heavy atom. The summed E-state index contributed by atoms with van der Waals surface area (Å²) in [6.07, 6.45) is 1.47. The van der Waals surface area contributed by atoms with E-state index in [0.717, 1.165) is 22.3 Å². The summed E-state index contributed by atoms with van der Waals surface area (Å²) >= 11 is 0. The van der Waals surface area contributed by atoms with E-state index in [4.69, 9.17) is 13.7 Å². The van der Waals surface area contributed by atoms with E-state index in [2.05, 4.69) is 10.1 Å². The largest absolute Gasteiger partial charge is 0.459 e. The number of rotatable bonds is 7. The quantitative estimate of drug-likeness (QED) is 0.372.